The average molecular weight is 630 g/mol. The lowest BCUT2D eigenvalue weighted by molar-refractivity contribution is 0.0697. The van der Waals surface area contributed by atoms with Gasteiger partial charge in [-0.1, -0.05) is 56.6 Å². The van der Waals surface area contributed by atoms with Crippen LogP contribution in [0.5, 0.6) is 5.75 Å². The molecule has 0 spiro atoms. The number of aromatic carboxylic acids is 1. The lowest BCUT2D eigenvalue weighted by Gasteiger charge is -2.40. The number of fused-ring (bicyclic) bond motifs is 2. The van der Waals surface area contributed by atoms with E-state index in [1.165, 1.54) is 6.42 Å². The van der Waals surface area contributed by atoms with Crippen molar-refractivity contribution in [2.45, 2.75) is 46.1 Å². The Balaban J connectivity index is 1.34. The van der Waals surface area contributed by atoms with Crippen molar-refractivity contribution in [3.63, 3.8) is 0 Å². The average Bonchev–Trinajstić information content (AvgIpc) is 3.42. The van der Waals surface area contributed by atoms with Gasteiger partial charge in [-0.3, -0.25) is 0 Å². The monoisotopic (exact) mass is 629 g/mol. The van der Waals surface area contributed by atoms with E-state index >= 15 is 0 Å². The molecule has 0 radical (unpaired) electrons. The van der Waals surface area contributed by atoms with Crippen molar-refractivity contribution in [3.8, 4) is 39.5 Å². The molecule has 2 aromatic heterocycles. The molecule has 0 aliphatic heterocycles. The number of rotatable bonds is 6. The molecule has 2 heterocycles. The molecule has 1 aliphatic rings. The van der Waals surface area contributed by atoms with Crippen LogP contribution in [0.25, 0.3) is 55.7 Å². The van der Waals surface area contributed by atoms with E-state index in [4.69, 9.17) is 26.3 Å². The van der Waals surface area contributed by atoms with Crippen molar-refractivity contribution in [2.75, 3.05) is 7.11 Å². The number of carboxylic acids is 1. The number of carbonyl (C=O) groups is 1. The van der Waals surface area contributed by atoms with Gasteiger partial charge in [-0.15, -0.1) is 0 Å². The quantitative estimate of drug-likeness (QED) is 0.198. The molecule has 1 N–H and O–H groups in total. The number of nitrogens with zero attached hydrogens (tertiary/aromatic N) is 3. The van der Waals surface area contributed by atoms with Crippen molar-refractivity contribution in [1.82, 2.24) is 14.5 Å². The van der Waals surface area contributed by atoms with Crippen LogP contribution in [0.2, 0.25) is 5.02 Å². The topological polar surface area (TPSA) is 77.2 Å². The van der Waals surface area contributed by atoms with Gasteiger partial charge in [0.05, 0.1) is 34.9 Å². The molecule has 4 aromatic carbocycles. The number of carboxylic acid groups (broad SMARTS) is 1. The van der Waals surface area contributed by atoms with Gasteiger partial charge in [-0.2, -0.15) is 0 Å². The highest BCUT2D eigenvalue weighted by Crippen LogP contribution is 2.46. The third-order valence-electron chi connectivity index (χ3n) is 9.27. The summed E-state index contributed by atoms with van der Waals surface area (Å²) in [5.41, 5.74) is 7.86. The molecule has 2 atom stereocenters. The summed E-state index contributed by atoms with van der Waals surface area (Å²) >= 11 is 6.18. The highest BCUT2D eigenvalue weighted by Gasteiger charge is 2.35. The molecular formula is C39H36ClN3O3. The fourth-order valence-electron chi connectivity index (χ4n) is 7.46. The van der Waals surface area contributed by atoms with Crippen LogP contribution in [0.1, 0.15) is 56.4 Å². The second kappa shape index (κ2) is 11.6. The van der Waals surface area contributed by atoms with Crippen molar-refractivity contribution in [1.29, 1.82) is 0 Å². The molecule has 6 aromatic rings. The fourth-order valence-corrected chi connectivity index (χ4v) is 7.58. The second-order valence-corrected chi connectivity index (χ2v) is 13.8. The van der Waals surface area contributed by atoms with E-state index in [9.17, 15) is 9.90 Å². The zero-order chi connectivity index (χ0) is 32.2. The van der Waals surface area contributed by atoms with E-state index < -0.39 is 5.97 Å². The molecule has 0 amide bonds. The van der Waals surface area contributed by atoms with Gasteiger partial charge < -0.3 is 14.4 Å². The first-order valence-corrected chi connectivity index (χ1v) is 16.1. The lowest BCUT2D eigenvalue weighted by atomic mass is 9.70. The summed E-state index contributed by atoms with van der Waals surface area (Å²) in [5, 5.41) is 11.4. The highest BCUT2D eigenvalue weighted by atomic mass is 35.5. The first-order chi connectivity index (χ1) is 22.1. The van der Waals surface area contributed by atoms with Crippen molar-refractivity contribution < 1.29 is 14.6 Å². The Kier molecular flexibility index (Phi) is 7.56. The van der Waals surface area contributed by atoms with Gasteiger partial charge >= 0.3 is 5.97 Å². The van der Waals surface area contributed by atoms with Gasteiger partial charge in [-0.05, 0) is 108 Å². The smallest absolute Gasteiger partial charge is 0.335 e. The van der Waals surface area contributed by atoms with E-state index in [1.807, 2.05) is 48.5 Å². The Morgan fingerprint density at radius 1 is 0.870 bits per heavy atom. The zero-order valence-electron chi connectivity index (χ0n) is 26.4. The minimum Gasteiger partial charge on any atom is -0.497 e. The third kappa shape index (κ3) is 5.62. The molecule has 1 aliphatic carbocycles. The number of aromatic nitrogens is 3. The van der Waals surface area contributed by atoms with E-state index in [2.05, 4.69) is 55.7 Å². The third-order valence-corrected chi connectivity index (χ3v) is 9.52. The van der Waals surface area contributed by atoms with E-state index in [0.29, 0.717) is 16.5 Å². The van der Waals surface area contributed by atoms with Gasteiger partial charge in [0.15, 0.2) is 0 Å². The fraction of sp³-hybridized carbons (Fsp3) is 0.256. The summed E-state index contributed by atoms with van der Waals surface area (Å²) in [6, 6.07) is 29.8. The molecule has 2 unspecified atom stereocenters. The van der Waals surface area contributed by atoms with Crippen LogP contribution >= 0.6 is 11.6 Å². The predicted octanol–water partition coefficient (Wildman–Crippen LogP) is 10.3. The van der Waals surface area contributed by atoms with Crippen LogP contribution in [0.15, 0.2) is 91.0 Å². The molecule has 1 saturated carbocycles. The van der Waals surface area contributed by atoms with Crippen molar-refractivity contribution >= 4 is 39.5 Å². The first kappa shape index (κ1) is 30.0. The molecule has 0 bridgehead atoms. The molecule has 0 saturated heterocycles. The SMILES string of the molecule is COc1ccc(-c2ccc(Cl)cc2)c(-c2ccc3cc(-c4nc5cc(C(=O)O)ccc5n4C4CC(C)CC(C)(C)C4)ccc3n2)c1. The minimum atomic E-state index is -0.951. The van der Waals surface area contributed by atoms with E-state index in [0.717, 1.165) is 68.8 Å². The predicted molar refractivity (Wildman–Crippen MR) is 186 cm³/mol. The molecule has 7 rings (SSSR count). The summed E-state index contributed by atoms with van der Waals surface area (Å²) < 4.78 is 7.93. The number of halogens is 1. The molecule has 46 heavy (non-hydrogen) atoms. The van der Waals surface area contributed by atoms with Crippen LogP contribution in [0.4, 0.5) is 0 Å². The molecule has 6 nitrogen and oxygen atoms in total. The second-order valence-electron chi connectivity index (χ2n) is 13.4. The number of hydrogen-bond acceptors (Lipinski definition) is 4. The maximum atomic E-state index is 11.8. The van der Waals surface area contributed by atoms with Crippen LogP contribution in [-0.4, -0.2) is 32.7 Å². The summed E-state index contributed by atoms with van der Waals surface area (Å²) in [6.45, 7) is 7.02. The van der Waals surface area contributed by atoms with Crippen LogP contribution < -0.4 is 4.74 Å². The first-order valence-electron chi connectivity index (χ1n) is 15.7. The Labute approximate surface area is 273 Å². The molecule has 232 valence electrons. The van der Waals surface area contributed by atoms with Gasteiger partial charge in [0.25, 0.3) is 0 Å². The van der Waals surface area contributed by atoms with Gasteiger partial charge in [-0.25, -0.2) is 14.8 Å². The Hall–Kier alpha value is -4.68. The summed E-state index contributed by atoms with van der Waals surface area (Å²) in [4.78, 5) is 22.0. The Morgan fingerprint density at radius 3 is 2.39 bits per heavy atom. The number of imidazole rings is 1. The van der Waals surface area contributed by atoms with E-state index in [-0.39, 0.29) is 17.0 Å². The van der Waals surface area contributed by atoms with Crippen molar-refractivity contribution in [3.05, 3.63) is 102 Å². The zero-order valence-corrected chi connectivity index (χ0v) is 27.2. The molecule has 7 heteroatoms. The van der Waals surface area contributed by atoms with Gasteiger partial charge in [0, 0.05) is 27.6 Å². The van der Waals surface area contributed by atoms with Crippen LogP contribution in [-0.2, 0) is 0 Å². The van der Waals surface area contributed by atoms with Gasteiger partial charge in [0.1, 0.15) is 11.6 Å². The Bertz CT molecular complexity index is 2120. The maximum Gasteiger partial charge on any atom is 0.335 e. The largest absolute Gasteiger partial charge is 0.497 e. The lowest BCUT2D eigenvalue weighted by Crippen LogP contribution is -2.29. The van der Waals surface area contributed by atoms with Crippen molar-refractivity contribution in [2.24, 2.45) is 11.3 Å². The number of pyridine rings is 1. The van der Waals surface area contributed by atoms with E-state index in [1.54, 1.807) is 19.2 Å². The van der Waals surface area contributed by atoms with Gasteiger partial charge in [0.2, 0.25) is 0 Å². The number of benzene rings is 4. The number of ether oxygens (including phenoxy) is 1. The molecular weight excluding hydrogens is 594 g/mol. The Morgan fingerprint density at radius 2 is 1.65 bits per heavy atom. The summed E-state index contributed by atoms with van der Waals surface area (Å²) in [5.74, 6) is 1.24. The highest BCUT2D eigenvalue weighted by molar-refractivity contribution is 6.30. The van der Waals surface area contributed by atoms with Crippen LogP contribution in [0.3, 0.4) is 0 Å². The van der Waals surface area contributed by atoms with Crippen LogP contribution in [0, 0.1) is 11.3 Å². The minimum absolute atomic E-state index is 0.200. The number of hydrogen-bond donors (Lipinski definition) is 1. The standard InChI is InChI=1S/C39H36ClN3O3/c1-23-17-29(22-39(2,3)21-23)43-36-16-9-27(38(44)45)19-35(36)42-37(43)26-8-14-33-25(18-26)7-15-34(41-33)32-20-30(46-4)12-13-31(32)24-5-10-28(40)11-6-24/h5-16,18-20,23,29H,17,21-22H2,1-4H3,(H,44,45). The normalized spacial score (nSPS) is 17.8. The molecule has 1 fully saturated rings. The maximum absolute atomic E-state index is 11.8. The summed E-state index contributed by atoms with van der Waals surface area (Å²) in [7, 11) is 1.67. The number of methoxy groups -OCH3 is 1. The summed E-state index contributed by atoms with van der Waals surface area (Å²) in [6.07, 6.45) is 3.27.